The second kappa shape index (κ2) is 11.9. The SMILES string of the molecule is C=CCN(CC=C)C(=O)COC(=O)c1ccccc1OCC(=O)Nc1ccccc1F. The molecule has 0 heterocycles. The highest BCUT2D eigenvalue weighted by Crippen LogP contribution is 2.19. The van der Waals surface area contributed by atoms with E-state index in [1.165, 1.54) is 35.2 Å². The Hall–Kier alpha value is -3.94. The van der Waals surface area contributed by atoms with E-state index in [-0.39, 0.29) is 17.0 Å². The Morgan fingerprint density at radius 3 is 2.29 bits per heavy atom. The molecule has 2 rings (SSSR count). The number of para-hydroxylation sites is 2. The first-order chi connectivity index (χ1) is 15.0. The van der Waals surface area contributed by atoms with Crippen molar-refractivity contribution in [2.24, 2.45) is 0 Å². The van der Waals surface area contributed by atoms with Crippen molar-refractivity contribution in [2.45, 2.75) is 0 Å². The summed E-state index contributed by atoms with van der Waals surface area (Å²) in [6.45, 7) is 6.82. The van der Waals surface area contributed by atoms with E-state index < -0.39 is 36.8 Å². The zero-order chi connectivity index (χ0) is 22.6. The van der Waals surface area contributed by atoms with Crippen molar-refractivity contribution in [3.63, 3.8) is 0 Å². The molecule has 0 aliphatic carbocycles. The van der Waals surface area contributed by atoms with E-state index in [2.05, 4.69) is 18.5 Å². The molecule has 0 bridgehead atoms. The zero-order valence-corrected chi connectivity index (χ0v) is 16.9. The van der Waals surface area contributed by atoms with Gasteiger partial charge in [-0.2, -0.15) is 0 Å². The minimum absolute atomic E-state index is 0.0194. The molecular weight excluding hydrogens is 403 g/mol. The monoisotopic (exact) mass is 426 g/mol. The first-order valence-corrected chi connectivity index (χ1v) is 9.39. The average molecular weight is 426 g/mol. The lowest BCUT2D eigenvalue weighted by molar-refractivity contribution is -0.133. The Labute approximate surface area is 179 Å². The van der Waals surface area contributed by atoms with Gasteiger partial charge in [-0.1, -0.05) is 36.4 Å². The van der Waals surface area contributed by atoms with Crippen molar-refractivity contribution in [1.82, 2.24) is 4.90 Å². The van der Waals surface area contributed by atoms with Gasteiger partial charge in [0.2, 0.25) is 0 Å². The Kier molecular flexibility index (Phi) is 8.97. The average Bonchev–Trinajstić information content (AvgIpc) is 2.77. The summed E-state index contributed by atoms with van der Waals surface area (Å²) in [5.74, 6) is -2.27. The summed E-state index contributed by atoms with van der Waals surface area (Å²) in [6, 6.07) is 11.8. The highest BCUT2D eigenvalue weighted by molar-refractivity contribution is 5.95. The number of nitrogens with one attached hydrogen (secondary N) is 1. The minimum Gasteiger partial charge on any atom is -0.483 e. The number of anilines is 1. The van der Waals surface area contributed by atoms with Crippen LogP contribution in [0.15, 0.2) is 73.8 Å². The highest BCUT2D eigenvalue weighted by atomic mass is 19.1. The third-order valence-electron chi connectivity index (χ3n) is 3.99. The van der Waals surface area contributed by atoms with Crippen molar-refractivity contribution in [1.29, 1.82) is 0 Å². The third kappa shape index (κ3) is 7.11. The molecule has 7 nitrogen and oxygen atoms in total. The van der Waals surface area contributed by atoms with E-state index >= 15 is 0 Å². The third-order valence-corrected chi connectivity index (χ3v) is 3.99. The molecule has 0 spiro atoms. The van der Waals surface area contributed by atoms with Crippen LogP contribution in [0, 0.1) is 5.82 Å². The van der Waals surface area contributed by atoms with Crippen molar-refractivity contribution in [2.75, 3.05) is 31.6 Å². The quantitative estimate of drug-likeness (QED) is 0.441. The summed E-state index contributed by atoms with van der Waals surface area (Å²) in [4.78, 5) is 38.1. The van der Waals surface area contributed by atoms with Gasteiger partial charge in [-0.05, 0) is 24.3 Å². The van der Waals surface area contributed by atoms with Crippen LogP contribution in [0.2, 0.25) is 0 Å². The first kappa shape index (κ1) is 23.3. The molecular formula is C23H23FN2O5. The molecule has 0 saturated heterocycles. The summed E-state index contributed by atoms with van der Waals surface area (Å²) in [5, 5.41) is 2.38. The highest BCUT2D eigenvalue weighted by Gasteiger charge is 2.18. The van der Waals surface area contributed by atoms with Gasteiger partial charge in [0, 0.05) is 13.1 Å². The molecule has 0 radical (unpaired) electrons. The number of carbonyl (C=O) groups is 3. The number of esters is 1. The predicted molar refractivity (Wildman–Crippen MR) is 114 cm³/mol. The van der Waals surface area contributed by atoms with Gasteiger partial charge in [0.05, 0.1) is 5.69 Å². The lowest BCUT2D eigenvalue weighted by Gasteiger charge is -2.19. The second-order valence-corrected chi connectivity index (χ2v) is 6.27. The van der Waals surface area contributed by atoms with E-state index in [0.29, 0.717) is 13.1 Å². The van der Waals surface area contributed by atoms with Gasteiger partial charge in [-0.25, -0.2) is 9.18 Å². The van der Waals surface area contributed by atoms with E-state index in [4.69, 9.17) is 9.47 Å². The summed E-state index contributed by atoms with van der Waals surface area (Å²) in [7, 11) is 0. The van der Waals surface area contributed by atoms with E-state index in [1.807, 2.05) is 0 Å². The molecule has 1 N–H and O–H groups in total. The van der Waals surface area contributed by atoms with Crippen LogP contribution >= 0.6 is 0 Å². The van der Waals surface area contributed by atoms with Crippen molar-refractivity contribution in [3.05, 3.63) is 85.2 Å². The summed E-state index contributed by atoms with van der Waals surface area (Å²) in [6.07, 6.45) is 3.11. The fraction of sp³-hybridized carbons (Fsp3) is 0.174. The molecule has 2 aromatic rings. The summed E-state index contributed by atoms with van der Waals surface area (Å²) >= 11 is 0. The number of ether oxygens (including phenoxy) is 2. The molecule has 0 saturated carbocycles. The lowest BCUT2D eigenvalue weighted by Crippen LogP contribution is -2.35. The number of hydrogen-bond donors (Lipinski definition) is 1. The van der Waals surface area contributed by atoms with Crippen molar-refractivity contribution in [3.8, 4) is 5.75 Å². The van der Waals surface area contributed by atoms with Crippen LogP contribution in [-0.2, 0) is 14.3 Å². The summed E-state index contributed by atoms with van der Waals surface area (Å²) in [5.41, 5.74) is 0.0684. The number of nitrogens with zero attached hydrogens (tertiary/aromatic N) is 1. The number of amides is 2. The van der Waals surface area contributed by atoms with E-state index in [0.717, 1.165) is 0 Å². The van der Waals surface area contributed by atoms with Crippen LogP contribution in [0.4, 0.5) is 10.1 Å². The molecule has 0 atom stereocenters. The Balaban J connectivity index is 1.96. The molecule has 0 aliphatic heterocycles. The minimum atomic E-state index is -0.782. The molecule has 0 aromatic heterocycles. The number of hydrogen-bond acceptors (Lipinski definition) is 5. The molecule has 162 valence electrons. The predicted octanol–water partition coefficient (Wildman–Crippen LogP) is 3.20. The second-order valence-electron chi connectivity index (χ2n) is 6.27. The van der Waals surface area contributed by atoms with Crippen LogP contribution in [0.1, 0.15) is 10.4 Å². The standard InChI is InChI=1S/C23H23FN2O5/c1-3-13-26(14-4-2)22(28)16-31-23(29)17-9-5-8-12-20(17)30-15-21(27)25-19-11-7-6-10-18(19)24/h3-12H,1-2,13-16H2,(H,25,27). The number of carbonyl (C=O) groups excluding carboxylic acids is 3. The lowest BCUT2D eigenvalue weighted by atomic mass is 10.2. The van der Waals surface area contributed by atoms with Crippen LogP contribution in [0.5, 0.6) is 5.75 Å². The van der Waals surface area contributed by atoms with Gasteiger partial charge >= 0.3 is 5.97 Å². The van der Waals surface area contributed by atoms with Gasteiger partial charge in [-0.15, -0.1) is 13.2 Å². The van der Waals surface area contributed by atoms with Crippen LogP contribution in [0.25, 0.3) is 0 Å². The maximum absolute atomic E-state index is 13.6. The Bertz CT molecular complexity index is 950. The summed E-state index contributed by atoms with van der Waals surface area (Å²) < 4.78 is 24.1. The zero-order valence-electron chi connectivity index (χ0n) is 16.9. The van der Waals surface area contributed by atoms with Gasteiger partial charge in [0.1, 0.15) is 17.1 Å². The van der Waals surface area contributed by atoms with Crippen molar-refractivity contribution < 1.29 is 28.2 Å². The molecule has 2 aromatic carbocycles. The number of halogens is 1. The van der Waals surface area contributed by atoms with Gasteiger partial charge < -0.3 is 19.7 Å². The number of rotatable bonds is 11. The van der Waals surface area contributed by atoms with Gasteiger partial charge in [-0.3, -0.25) is 9.59 Å². The van der Waals surface area contributed by atoms with Gasteiger partial charge in [0.25, 0.3) is 11.8 Å². The molecule has 8 heteroatoms. The maximum atomic E-state index is 13.6. The Morgan fingerprint density at radius 1 is 0.968 bits per heavy atom. The Morgan fingerprint density at radius 2 is 1.61 bits per heavy atom. The largest absolute Gasteiger partial charge is 0.483 e. The molecule has 0 fully saturated rings. The first-order valence-electron chi connectivity index (χ1n) is 9.39. The van der Waals surface area contributed by atoms with Crippen LogP contribution in [-0.4, -0.2) is 49.0 Å². The molecule has 0 unspecified atom stereocenters. The van der Waals surface area contributed by atoms with E-state index in [1.54, 1.807) is 30.4 Å². The topological polar surface area (TPSA) is 84.9 Å². The van der Waals surface area contributed by atoms with Gasteiger partial charge in [0.15, 0.2) is 13.2 Å². The molecule has 0 aliphatic rings. The normalized spacial score (nSPS) is 9.97. The number of benzene rings is 2. The molecule has 2 amide bonds. The van der Waals surface area contributed by atoms with E-state index in [9.17, 15) is 18.8 Å². The van der Waals surface area contributed by atoms with Crippen LogP contribution in [0.3, 0.4) is 0 Å². The fourth-order valence-electron chi connectivity index (χ4n) is 2.54. The maximum Gasteiger partial charge on any atom is 0.342 e. The molecule has 31 heavy (non-hydrogen) atoms. The van der Waals surface area contributed by atoms with Crippen LogP contribution < -0.4 is 10.1 Å². The smallest absolute Gasteiger partial charge is 0.342 e. The fourth-order valence-corrected chi connectivity index (χ4v) is 2.54. The van der Waals surface area contributed by atoms with Crippen molar-refractivity contribution >= 4 is 23.5 Å².